The summed E-state index contributed by atoms with van der Waals surface area (Å²) >= 11 is 5.62. The highest BCUT2D eigenvalue weighted by Crippen LogP contribution is 1.98. The second kappa shape index (κ2) is 3.86. The first-order chi connectivity index (χ1) is 7.16. The average Bonchev–Trinajstić information content (AvgIpc) is 2.59. The lowest BCUT2D eigenvalue weighted by molar-refractivity contribution is 0.687. The van der Waals surface area contributed by atoms with E-state index in [2.05, 4.69) is 10.1 Å². The molecule has 0 spiro atoms. The quantitative estimate of drug-likeness (QED) is 0.754. The van der Waals surface area contributed by atoms with Crippen LogP contribution in [0.5, 0.6) is 0 Å². The zero-order valence-corrected chi connectivity index (χ0v) is 8.85. The maximum Gasteiger partial charge on any atom is 0.288 e. The van der Waals surface area contributed by atoms with E-state index >= 15 is 0 Å². The lowest BCUT2D eigenvalue weighted by Crippen LogP contribution is -2.21. The summed E-state index contributed by atoms with van der Waals surface area (Å²) < 4.78 is 3.15. The van der Waals surface area contributed by atoms with Crippen molar-refractivity contribution in [1.82, 2.24) is 19.3 Å². The Labute approximate surface area is 90.9 Å². The second-order valence-corrected chi connectivity index (χ2v) is 3.49. The number of aromatic nitrogens is 4. The minimum Gasteiger partial charge on any atom is -0.305 e. The Kier molecular flexibility index (Phi) is 2.55. The molecule has 0 atom stereocenters. The largest absolute Gasteiger partial charge is 0.305 e. The van der Waals surface area contributed by atoms with Crippen molar-refractivity contribution in [2.24, 2.45) is 7.05 Å². The molecule has 0 amide bonds. The van der Waals surface area contributed by atoms with Gasteiger partial charge in [-0.25, -0.2) is 4.98 Å². The van der Waals surface area contributed by atoms with Crippen LogP contribution in [0.2, 0.25) is 5.15 Å². The third-order valence-corrected chi connectivity index (χ3v) is 2.23. The number of rotatable bonds is 2. The van der Waals surface area contributed by atoms with Gasteiger partial charge in [0.05, 0.1) is 12.2 Å². The van der Waals surface area contributed by atoms with E-state index in [1.165, 1.54) is 10.8 Å². The normalized spacial score (nSPS) is 10.5. The maximum atomic E-state index is 11.5. The molecule has 0 fully saturated rings. The molecule has 0 radical (unpaired) electrons. The van der Waals surface area contributed by atoms with Crippen LogP contribution >= 0.6 is 11.6 Å². The van der Waals surface area contributed by atoms with Crippen molar-refractivity contribution < 1.29 is 0 Å². The third-order valence-electron chi connectivity index (χ3n) is 1.97. The Hall–Kier alpha value is -1.62. The summed E-state index contributed by atoms with van der Waals surface area (Å²) in [7, 11) is 1.83. The maximum absolute atomic E-state index is 11.5. The standard InChI is InChI=1S/C9H9ClN4O/c1-13-4-2-7(12-13)6-14-5-3-11-8(10)9(14)15/h2-5H,6H2,1H3. The molecule has 0 unspecified atom stereocenters. The van der Waals surface area contributed by atoms with Crippen molar-refractivity contribution in [3.05, 3.63) is 45.9 Å². The molecule has 0 aliphatic heterocycles. The first-order valence-electron chi connectivity index (χ1n) is 4.36. The van der Waals surface area contributed by atoms with Crippen LogP contribution in [0, 0.1) is 0 Å². The Bertz CT molecular complexity index is 531. The lowest BCUT2D eigenvalue weighted by Gasteiger charge is -2.01. The Morgan fingerprint density at radius 1 is 1.47 bits per heavy atom. The van der Waals surface area contributed by atoms with Gasteiger partial charge in [-0.05, 0) is 6.07 Å². The van der Waals surface area contributed by atoms with Gasteiger partial charge in [-0.15, -0.1) is 0 Å². The zero-order valence-electron chi connectivity index (χ0n) is 8.09. The first kappa shape index (κ1) is 9.92. The van der Waals surface area contributed by atoms with Crippen LogP contribution in [-0.4, -0.2) is 19.3 Å². The summed E-state index contributed by atoms with van der Waals surface area (Å²) in [5.41, 5.74) is 0.506. The van der Waals surface area contributed by atoms with Gasteiger partial charge in [0, 0.05) is 25.6 Å². The average molecular weight is 225 g/mol. The zero-order chi connectivity index (χ0) is 10.8. The SMILES string of the molecule is Cn1ccc(Cn2ccnc(Cl)c2=O)n1. The number of hydrogen-bond donors (Lipinski definition) is 0. The highest BCUT2D eigenvalue weighted by Gasteiger charge is 2.03. The number of aryl methyl sites for hydroxylation is 1. The van der Waals surface area contributed by atoms with Gasteiger partial charge in [-0.2, -0.15) is 5.10 Å². The van der Waals surface area contributed by atoms with Crippen LogP contribution in [0.15, 0.2) is 29.5 Å². The highest BCUT2D eigenvalue weighted by atomic mass is 35.5. The van der Waals surface area contributed by atoms with E-state index in [4.69, 9.17) is 11.6 Å². The fourth-order valence-corrected chi connectivity index (χ4v) is 1.43. The third kappa shape index (κ3) is 2.07. The molecule has 2 aromatic rings. The molecule has 0 bridgehead atoms. The van der Waals surface area contributed by atoms with Gasteiger partial charge in [0.15, 0.2) is 5.15 Å². The Morgan fingerprint density at radius 3 is 2.93 bits per heavy atom. The predicted octanol–water partition coefficient (Wildman–Crippen LogP) is 0.678. The smallest absolute Gasteiger partial charge is 0.288 e. The summed E-state index contributed by atoms with van der Waals surface area (Å²) in [6.07, 6.45) is 4.90. The molecule has 15 heavy (non-hydrogen) atoms. The van der Waals surface area contributed by atoms with Crippen molar-refractivity contribution in [3.63, 3.8) is 0 Å². The summed E-state index contributed by atoms with van der Waals surface area (Å²) in [4.78, 5) is 15.2. The van der Waals surface area contributed by atoms with E-state index in [9.17, 15) is 4.79 Å². The molecular weight excluding hydrogens is 216 g/mol. The van der Waals surface area contributed by atoms with Gasteiger partial charge in [0.25, 0.3) is 5.56 Å². The van der Waals surface area contributed by atoms with Gasteiger partial charge in [-0.1, -0.05) is 11.6 Å². The van der Waals surface area contributed by atoms with Gasteiger partial charge in [0.2, 0.25) is 0 Å². The van der Waals surface area contributed by atoms with E-state index in [1.54, 1.807) is 10.9 Å². The van der Waals surface area contributed by atoms with Gasteiger partial charge < -0.3 is 4.57 Å². The van der Waals surface area contributed by atoms with E-state index in [0.29, 0.717) is 6.54 Å². The number of halogens is 1. The molecule has 0 aliphatic rings. The van der Waals surface area contributed by atoms with Gasteiger partial charge in [0.1, 0.15) is 0 Å². The van der Waals surface area contributed by atoms with Crippen LogP contribution in [0.25, 0.3) is 0 Å². The van der Waals surface area contributed by atoms with E-state index in [1.807, 2.05) is 19.3 Å². The van der Waals surface area contributed by atoms with Gasteiger partial charge in [-0.3, -0.25) is 9.48 Å². The van der Waals surface area contributed by atoms with Crippen molar-refractivity contribution in [1.29, 1.82) is 0 Å². The molecule has 0 N–H and O–H groups in total. The molecule has 78 valence electrons. The van der Waals surface area contributed by atoms with Crippen LogP contribution in [0.1, 0.15) is 5.69 Å². The van der Waals surface area contributed by atoms with E-state index < -0.39 is 0 Å². The van der Waals surface area contributed by atoms with Crippen LogP contribution < -0.4 is 5.56 Å². The first-order valence-corrected chi connectivity index (χ1v) is 4.74. The van der Waals surface area contributed by atoms with Crippen LogP contribution in [0.3, 0.4) is 0 Å². The van der Waals surface area contributed by atoms with E-state index in [-0.39, 0.29) is 10.7 Å². The molecule has 0 aliphatic carbocycles. The van der Waals surface area contributed by atoms with Crippen LogP contribution in [-0.2, 0) is 13.6 Å². The summed E-state index contributed by atoms with van der Waals surface area (Å²) in [5, 5.41) is 4.15. The highest BCUT2D eigenvalue weighted by molar-refractivity contribution is 6.29. The minimum absolute atomic E-state index is 0.0200. The van der Waals surface area contributed by atoms with Gasteiger partial charge >= 0.3 is 0 Å². The molecule has 2 rings (SSSR count). The summed E-state index contributed by atoms with van der Waals surface area (Å²) in [6, 6.07) is 1.85. The second-order valence-electron chi connectivity index (χ2n) is 3.13. The molecule has 0 saturated carbocycles. The molecule has 0 saturated heterocycles. The molecule has 2 heterocycles. The molecule has 6 heteroatoms. The Balaban J connectivity index is 2.32. The van der Waals surface area contributed by atoms with Crippen molar-refractivity contribution in [3.8, 4) is 0 Å². The molecule has 5 nitrogen and oxygen atoms in total. The number of nitrogens with zero attached hydrogens (tertiary/aromatic N) is 4. The van der Waals surface area contributed by atoms with E-state index in [0.717, 1.165) is 5.69 Å². The molecular formula is C9H9ClN4O. The fourth-order valence-electron chi connectivity index (χ4n) is 1.27. The predicted molar refractivity (Wildman–Crippen MR) is 55.8 cm³/mol. The Morgan fingerprint density at radius 2 is 2.27 bits per heavy atom. The topological polar surface area (TPSA) is 52.7 Å². The minimum atomic E-state index is -0.301. The fraction of sp³-hybridized carbons (Fsp3) is 0.222. The van der Waals surface area contributed by atoms with Crippen LogP contribution in [0.4, 0.5) is 0 Å². The molecule has 2 aromatic heterocycles. The van der Waals surface area contributed by atoms with Crippen molar-refractivity contribution in [2.75, 3.05) is 0 Å². The monoisotopic (exact) mass is 224 g/mol. The number of hydrogen-bond acceptors (Lipinski definition) is 3. The summed E-state index contributed by atoms with van der Waals surface area (Å²) in [5.74, 6) is 0. The lowest BCUT2D eigenvalue weighted by atomic mass is 10.4. The van der Waals surface area contributed by atoms with Crippen molar-refractivity contribution >= 4 is 11.6 Å². The summed E-state index contributed by atoms with van der Waals surface area (Å²) in [6.45, 7) is 0.405. The molecule has 0 aromatic carbocycles. The van der Waals surface area contributed by atoms with Crippen molar-refractivity contribution in [2.45, 2.75) is 6.54 Å².